The molecule has 0 aliphatic heterocycles. The summed E-state index contributed by atoms with van der Waals surface area (Å²) in [7, 11) is 0. The smallest absolute Gasteiger partial charge is 0.303 e. The minimum Gasteiger partial charge on any atom is -0.481 e. The average molecular weight is 478 g/mol. The Hall–Kier alpha value is -3.17. The Morgan fingerprint density at radius 2 is 2.00 bits per heavy atom. The minimum absolute atomic E-state index is 0.0490. The molecule has 1 aromatic carbocycles. The van der Waals surface area contributed by atoms with E-state index in [1.54, 1.807) is 23.0 Å². The van der Waals surface area contributed by atoms with Crippen molar-refractivity contribution in [3.63, 3.8) is 0 Å². The second-order valence-electron chi connectivity index (χ2n) is 7.26. The number of amidine groups is 1. The summed E-state index contributed by atoms with van der Waals surface area (Å²) in [5.74, 6) is -1.34. The summed E-state index contributed by atoms with van der Waals surface area (Å²) in [6.45, 7) is 4.12. The van der Waals surface area contributed by atoms with E-state index >= 15 is 0 Å². The van der Waals surface area contributed by atoms with Crippen LogP contribution >= 0.6 is 23.2 Å². The van der Waals surface area contributed by atoms with Crippen molar-refractivity contribution >= 4 is 51.8 Å². The second-order valence-corrected chi connectivity index (χ2v) is 8.07. The molecule has 0 bridgehead atoms. The van der Waals surface area contributed by atoms with E-state index in [4.69, 9.17) is 38.8 Å². The molecule has 3 aromatic rings. The van der Waals surface area contributed by atoms with Crippen LogP contribution in [0.15, 0.2) is 35.6 Å². The lowest BCUT2D eigenvalue weighted by molar-refractivity contribution is -0.137. The number of aromatic nitrogens is 3. The predicted octanol–water partition coefficient (Wildman–Crippen LogP) is 3.94. The van der Waals surface area contributed by atoms with Gasteiger partial charge in [-0.3, -0.25) is 14.3 Å². The standard InChI is InChI=1S/C21H21Cl2N5O4/c1-11(2)32-21-16(23)7-12(9-25-21)20(31)26-19(24)14-6-13-10-28(5-3-4-18(29)30)27-17(13)8-15(14)22/h6-11H,3-5H2,1-2H3,(H,29,30)(H2,24,26,31). The zero-order valence-electron chi connectivity index (χ0n) is 17.4. The van der Waals surface area contributed by atoms with Gasteiger partial charge in [0, 0.05) is 36.3 Å². The number of aryl methyl sites for hydroxylation is 1. The van der Waals surface area contributed by atoms with Gasteiger partial charge in [-0.15, -0.1) is 0 Å². The van der Waals surface area contributed by atoms with Crippen molar-refractivity contribution in [1.29, 1.82) is 0 Å². The number of amides is 1. The Morgan fingerprint density at radius 3 is 2.66 bits per heavy atom. The van der Waals surface area contributed by atoms with Crippen molar-refractivity contribution in [2.75, 3.05) is 0 Å². The van der Waals surface area contributed by atoms with Gasteiger partial charge < -0.3 is 15.6 Å². The fourth-order valence-electron chi connectivity index (χ4n) is 2.89. The minimum atomic E-state index is -0.862. The number of nitrogens with zero attached hydrogens (tertiary/aromatic N) is 4. The molecule has 0 saturated heterocycles. The van der Waals surface area contributed by atoms with Gasteiger partial charge in [-0.25, -0.2) is 4.98 Å². The first-order valence-electron chi connectivity index (χ1n) is 9.73. The summed E-state index contributed by atoms with van der Waals surface area (Å²) in [4.78, 5) is 31.2. The zero-order valence-corrected chi connectivity index (χ0v) is 18.9. The van der Waals surface area contributed by atoms with Gasteiger partial charge >= 0.3 is 5.97 Å². The molecule has 1 amide bonds. The summed E-state index contributed by atoms with van der Waals surface area (Å²) >= 11 is 12.5. The third-order valence-electron chi connectivity index (χ3n) is 4.32. The number of pyridine rings is 1. The number of carbonyl (C=O) groups is 2. The molecule has 2 heterocycles. The maximum atomic E-state index is 12.6. The molecule has 168 valence electrons. The molecule has 11 heteroatoms. The second kappa shape index (κ2) is 9.97. The first-order valence-corrected chi connectivity index (χ1v) is 10.5. The van der Waals surface area contributed by atoms with Gasteiger partial charge in [0.2, 0.25) is 5.88 Å². The highest BCUT2D eigenvalue weighted by molar-refractivity contribution is 6.35. The van der Waals surface area contributed by atoms with Crippen molar-refractivity contribution in [3.05, 3.63) is 51.8 Å². The van der Waals surface area contributed by atoms with Gasteiger partial charge in [0.25, 0.3) is 5.91 Å². The Bertz CT molecular complexity index is 1210. The fraction of sp³-hybridized carbons (Fsp3) is 0.286. The number of hydrogen-bond acceptors (Lipinski definition) is 5. The number of carboxylic acids is 1. The third-order valence-corrected chi connectivity index (χ3v) is 4.90. The van der Waals surface area contributed by atoms with E-state index in [1.807, 2.05) is 13.8 Å². The summed E-state index contributed by atoms with van der Waals surface area (Å²) in [6, 6.07) is 4.70. The first kappa shape index (κ1) is 23.5. The van der Waals surface area contributed by atoms with E-state index in [1.165, 1.54) is 12.3 Å². The lowest BCUT2D eigenvalue weighted by Gasteiger charge is -2.10. The summed E-state index contributed by atoms with van der Waals surface area (Å²) in [5, 5.41) is 14.3. The van der Waals surface area contributed by atoms with Crippen molar-refractivity contribution < 1.29 is 19.4 Å². The van der Waals surface area contributed by atoms with Crippen LogP contribution in [-0.4, -0.2) is 43.7 Å². The number of ether oxygens (including phenoxy) is 1. The molecular weight excluding hydrogens is 457 g/mol. The highest BCUT2D eigenvalue weighted by Gasteiger charge is 2.15. The van der Waals surface area contributed by atoms with E-state index < -0.39 is 11.9 Å². The lowest BCUT2D eigenvalue weighted by Crippen LogP contribution is -2.16. The van der Waals surface area contributed by atoms with E-state index in [0.29, 0.717) is 24.0 Å². The predicted molar refractivity (Wildman–Crippen MR) is 122 cm³/mol. The highest BCUT2D eigenvalue weighted by atomic mass is 35.5. The zero-order chi connectivity index (χ0) is 23.4. The molecule has 0 fully saturated rings. The molecule has 0 radical (unpaired) electrons. The van der Waals surface area contributed by atoms with Crippen molar-refractivity contribution in [3.8, 4) is 5.88 Å². The maximum Gasteiger partial charge on any atom is 0.303 e. The number of carbonyl (C=O) groups excluding carboxylic acids is 1. The van der Waals surface area contributed by atoms with Gasteiger partial charge in [0.15, 0.2) is 0 Å². The van der Waals surface area contributed by atoms with Gasteiger partial charge in [-0.1, -0.05) is 23.2 Å². The van der Waals surface area contributed by atoms with Crippen LogP contribution in [0.3, 0.4) is 0 Å². The topological polar surface area (TPSA) is 133 Å². The number of aliphatic imine (C=N–C) groups is 1. The monoisotopic (exact) mass is 477 g/mol. The third kappa shape index (κ3) is 5.74. The van der Waals surface area contributed by atoms with Crippen LogP contribution in [-0.2, 0) is 11.3 Å². The first-order chi connectivity index (χ1) is 15.1. The lowest BCUT2D eigenvalue weighted by atomic mass is 10.1. The molecular formula is C21H21Cl2N5O4. The number of hydrogen-bond donors (Lipinski definition) is 2. The molecule has 0 atom stereocenters. The van der Waals surface area contributed by atoms with Crippen molar-refractivity contribution in [2.24, 2.45) is 10.7 Å². The molecule has 32 heavy (non-hydrogen) atoms. The van der Waals surface area contributed by atoms with Gasteiger partial charge in [0.1, 0.15) is 10.9 Å². The molecule has 9 nitrogen and oxygen atoms in total. The molecule has 0 saturated carbocycles. The number of rotatable bonds is 8. The van der Waals surface area contributed by atoms with Crippen LogP contribution in [0.4, 0.5) is 0 Å². The molecule has 0 spiro atoms. The van der Waals surface area contributed by atoms with Crippen LogP contribution in [0.5, 0.6) is 5.88 Å². The Kier molecular flexibility index (Phi) is 7.32. The molecule has 0 aliphatic carbocycles. The summed E-state index contributed by atoms with van der Waals surface area (Å²) in [6.07, 6.45) is 3.44. The Balaban J connectivity index is 1.82. The van der Waals surface area contributed by atoms with Crippen LogP contribution in [0.1, 0.15) is 42.6 Å². The van der Waals surface area contributed by atoms with E-state index in [9.17, 15) is 9.59 Å². The van der Waals surface area contributed by atoms with Crippen LogP contribution in [0, 0.1) is 0 Å². The van der Waals surface area contributed by atoms with E-state index in [-0.39, 0.29) is 39.8 Å². The largest absolute Gasteiger partial charge is 0.481 e. The van der Waals surface area contributed by atoms with Crippen LogP contribution in [0.25, 0.3) is 10.9 Å². The van der Waals surface area contributed by atoms with Crippen molar-refractivity contribution in [1.82, 2.24) is 14.8 Å². The summed E-state index contributed by atoms with van der Waals surface area (Å²) < 4.78 is 7.10. The number of nitrogens with two attached hydrogens (primary N) is 1. The normalized spacial score (nSPS) is 11.8. The van der Waals surface area contributed by atoms with Crippen LogP contribution < -0.4 is 10.5 Å². The number of benzene rings is 1. The number of fused-ring (bicyclic) bond motifs is 1. The van der Waals surface area contributed by atoms with Gasteiger partial charge in [-0.2, -0.15) is 10.1 Å². The van der Waals surface area contributed by atoms with Crippen LogP contribution in [0.2, 0.25) is 10.0 Å². The fourth-order valence-corrected chi connectivity index (χ4v) is 3.35. The number of carboxylic acid groups (broad SMARTS) is 1. The quantitative estimate of drug-likeness (QED) is 0.370. The number of aliphatic carboxylic acids is 1. The molecule has 3 rings (SSSR count). The highest BCUT2D eigenvalue weighted by Crippen LogP contribution is 2.25. The van der Waals surface area contributed by atoms with E-state index in [0.717, 1.165) is 5.39 Å². The molecule has 3 N–H and O–H groups in total. The summed E-state index contributed by atoms with van der Waals surface area (Å²) in [5.41, 5.74) is 7.19. The molecule has 0 unspecified atom stereocenters. The average Bonchev–Trinajstić information content (AvgIpc) is 3.09. The Morgan fingerprint density at radius 1 is 1.25 bits per heavy atom. The maximum absolute atomic E-state index is 12.6. The molecule has 0 aliphatic rings. The van der Waals surface area contributed by atoms with Gasteiger partial charge in [0.05, 0.1) is 22.2 Å². The van der Waals surface area contributed by atoms with E-state index in [2.05, 4.69) is 15.1 Å². The number of halogens is 2. The van der Waals surface area contributed by atoms with Gasteiger partial charge in [-0.05, 0) is 38.5 Å². The SMILES string of the molecule is CC(C)Oc1ncc(C(=O)N=C(N)c2cc3cn(CCCC(=O)O)nc3cc2Cl)cc1Cl. The Labute approximate surface area is 193 Å². The molecule has 2 aromatic heterocycles. The van der Waals surface area contributed by atoms with Crippen molar-refractivity contribution in [2.45, 2.75) is 39.3 Å².